The summed E-state index contributed by atoms with van der Waals surface area (Å²) in [5.74, 6) is 1.79. The molecule has 1 N–H and O–H groups in total. The van der Waals surface area contributed by atoms with E-state index in [0.717, 1.165) is 48.7 Å². The minimum absolute atomic E-state index is 0.0963. The summed E-state index contributed by atoms with van der Waals surface area (Å²) in [7, 11) is 1.85. The maximum Gasteiger partial charge on any atom is 0.224 e. The Morgan fingerprint density at radius 3 is 2.56 bits per heavy atom. The number of aromatic nitrogens is 2. The fraction of sp³-hybridized carbons (Fsp3) is 0.500. The first kappa shape index (κ1) is 16.1. The Morgan fingerprint density at radius 2 is 1.84 bits per heavy atom. The molecule has 2 fully saturated rings. The standard InChI is InChI=1S/C18H23N5O2/c1-22-7-6-13(12-16(22)24)19-17-18(23-8-10-25-11-9-23)21-15-5-3-2-4-14(15)20-17/h2-5,13H,6-12H2,1H3,(H,19,20). The lowest BCUT2D eigenvalue weighted by atomic mass is 10.0. The van der Waals surface area contributed by atoms with Crippen LogP contribution >= 0.6 is 0 Å². The van der Waals surface area contributed by atoms with E-state index in [1.807, 2.05) is 31.3 Å². The van der Waals surface area contributed by atoms with E-state index in [-0.39, 0.29) is 11.9 Å². The Labute approximate surface area is 147 Å². The number of amides is 1. The minimum atomic E-state index is 0.0963. The van der Waals surface area contributed by atoms with Crippen molar-refractivity contribution in [1.29, 1.82) is 0 Å². The van der Waals surface area contributed by atoms with E-state index in [9.17, 15) is 4.79 Å². The molecule has 2 aliphatic heterocycles. The van der Waals surface area contributed by atoms with Gasteiger partial charge in [0.25, 0.3) is 0 Å². The third kappa shape index (κ3) is 3.37. The Bertz CT molecular complexity index is 775. The van der Waals surface area contributed by atoms with Crippen molar-refractivity contribution in [3.8, 4) is 0 Å². The van der Waals surface area contributed by atoms with Crippen LogP contribution in [-0.4, -0.2) is 66.7 Å². The van der Waals surface area contributed by atoms with E-state index >= 15 is 0 Å². The van der Waals surface area contributed by atoms with Crippen LogP contribution in [0.5, 0.6) is 0 Å². The summed E-state index contributed by atoms with van der Waals surface area (Å²) in [6.07, 6.45) is 1.41. The van der Waals surface area contributed by atoms with Gasteiger partial charge in [0.05, 0.1) is 24.2 Å². The molecule has 3 heterocycles. The van der Waals surface area contributed by atoms with Crippen molar-refractivity contribution < 1.29 is 9.53 Å². The van der Waals surface area contributed by atoms with Crippen LogP contribution in [0.2, 0.25) is 0 Å². The Balaban J connectivity index is 1.66. The number of nitrogens with zero attached hydrogens (tertiary/aromatic N) is 4. The second kappa shape index (κ2) is 6.84. The Hall–Kier alpha value is -2.41. The van der Waals surface area contributed by atoms with Crippen molar-refractivity contribution in [1.82, 2.24) is 14.9 Å². The normalized spacial score (nSPS) is 21.6. The van der Waals surface area contributed by atoms with Gasteiger partial charge in [-0.3, -0.25) is 4.79 Å². The number of piperidine rings is 1. The molecule has 132 valence electrons. The van der Waals surface area contributed by atoms with Crippen LogP contribution < -0.4 is 10.2 Å². The molecule has 1 aromatic carbocycles. The summed E-state index contributed by atoms with van der Waals surface area (Å²) >= 11 is 0. The molecule has 4 rings (SSSR count). The molecule has 0 aliphatic carbocycles. The lowest BCUT2D eigenvalue weighted by molar-refractivity contribution is -0.132. The van der Waals surface area contributed by atoms with Crippen molar-refractivity contribution in [2.75, 3.05) is 50.1 Å². The van der Waals surface area contributed by atoms with Crippen LogP contribution in [-0.2, 0) is 9.53 Å². The lowest BCUT2D eigenvalue weighted by Gasteiger charge is -2.32. The quantitative estimate of drug-likeness (QED) is 0.912. The molecular formula is C18H23N5O2. The van der Waals surface area contributed by atoms with Gasteiger partial charge in [0.15, 0.2) is 11.6 Å². The van der Waals surface area contributed by atoms with Crippen LogP contribution in [0.15, 0.2) is 24.3 Å². The molecule has 2 aliphatic rings. The van der Waals surface area contributed by atoms with E-state index in [1.54, 1.807) is 4.90 Å². The molecule has 0 bridgehead atoms. The van der Waals surface area contributed by atoms with Crippen LogP contribution in [0, 0.1) is 0 Å². The van der Waals surface area contributed by atoms with Gasteiger partial charge in [0.1, 0.15) is 0 Å². The first-order chi connectivity index (χ1) is 12.2. The third-order valence-electron chi connectivity index (χ3n) is 4.86. The van der Waals surface area contributed by atoms with E-state index < -0.39 is 0 Å². The summed E-state index contributed by atoms with van der Waals surface area (Å²) in [6.45, 7) is 3.76. The van der Waals surface area contributed by atoms with E-state index in [1.165, 1.54) is 0 Å². The molecule has 1 aromatic heterocycles. The van der Waals surface area contributed by atoms with Gasteiger partial charge in [0.2, 0.25) is 5.91 Å². The number of carbonyl (C=O) groups is 1. The topological polar surface area (TPSA) is 70.6 Å². The van der Waals surface area contributed by atoms with Crippen LogP contribution in [0.3, 0.4) is 0 Å². The molecule has 1 atom stereocenters. The number of hydrogen-bond acceptors (Lipinski definition) is 6. The summed E-state index contributed by atoms with van der Waals surface area (Å²) < 4.78 is 5.46. The maximum absolute atomic E-state index is 12.0. The van der Waals surface area contributed by atoms with Crippen LogP contribution in [0.1, 0.15) is 12.8 Å². The lowest BCUT2D eigenvalue weighted by Crippen LogP contribution is -2.42. The number of likely N-dealkylation sites (tertiary alicyclic amines) is 1. The number of para-hydroxylation sites is 2. The van der Waals surface area contributed by atoms with Crippen molar-refractivity contribution in [3.63, 3.8) is 0 Å². The van der Waals surface area contributed by atoms with Gasteiger partial charge in [-0.1, -0.05) is 12.1 Å². The molecule has 0 saturated carbocycles. The number of benzene rings is 1. The number of ether oxygens (including phenoxy) is 1. The molecule has 7 heteroatoms. The van der Waals surface area contributed by atoms with E-state index in [2.05, 4.69) is 10.2 Å². The SMILES string of the molecule is CN1CCC(Nc2nc3ccccc3nc2N2CCOCC2)CC1=O. The molecule has 0 spiro atoms. The van der Waals surface area contributed by atoms with Crippen molar-refractivity contribution in [2.24, 2.45) is 0 Å². The predicted octanol–water partition coefficient (Wildman–Crippen LogP) is 1.50. The van der Waals surface area contributed by atoms with Gasteiger partial charge in [-0.25, -0.2) is 9.97 Å². The number of anilines is 2. The summed E-state index contributed by atoms with van der Waals surface area (Å²) in [6, 6.07) is 7.99. The number of rotatable bonds is 3. The highest BCUT2D eigenvalue weighted by molar-refractivity contribution is 5.81. The zero-order chi connectivity index (χ0) is 17.2. The highest BCUT2D eigenvalue weighted by atomic mass is 16.5. The van der Waals surface area contributed by atoms with Gasteiger partial charge in [-0.05, 0) is 18.6 Å². The fourth-order valence-corrected chi connectivity index (χ4v) is 3.34. The van der Waals surface area contributed by atoms with Crippen molar-refractivity contribution in [2.45, 2.75) is 18.9 Å². The van der Waals surface area contributed by atoms with Gasteiger partial charge >= 0.3 is 0 Å². The van der Waals surface area contributed by atoms with Gasteiger partial charge < -0.3 is 19.9 Å². The number of morpholine rings is 1. The van der Waals surface area contributed by atoms with Gasteiger partial charge in [-0.2, -0.15) is 0 Å². The average molecular weight is 341 g/mol. The predicted molar refractivity (Wildman–Crippen MR) is 96.9 cm³/mol. The number of fused-ring (bicyclic) bond motifs is 1. The number of nitrogens with one attached hydrogen (secondary N) is 1. The first-order valence-corrected chi connectivity index (χ1v) is 8.81. The van der Waals surface area contributed by atoms with E-state index in [0.29, 0.717) is 19.6 Å². The third-order valence-corrected chi connectivity index (χ3v) is 4.86. The van der Waals surface area contributed by atoms with Crippen LogP contribution in [0.4, 0.5) is 11.6 Å². The maximum atomic E-state index is 12.0. The van der Waals surface area contributed by atoms with E-state index in [4.69, 9.17) is 14.7 Å². The highest BCUT2D eigenvalue weighted by Gasteiger charge is 2.26. The summed E-state index contributed by atoms with van der Waals surface area (Å²) in [4.78, 5) is 25.7. The minimum Gasteiger partial charge on any atom is -0.378 e. The zero-order valence-electron chi connectivity index (χ0n) is 14.4. The second-order valence-corrected chi connectivity index (χ2v) is 6.63. The summed E-state index contributed by atoms with van der Waals surface area (Å²) in [5.41, 5.74) is 1.75. The monoisotopic (exact) mass is 341 g/mol. The smallest absolute Gasteiger partial charge is 0.224 e. The summed E-state index contributed by atoms with van der Waals surface area (Å²) in [5, 5.41) is 3.49. The number of hydrogen-bond donors (Lipinski definition) is 1. The molecule has 25 heavy (non-hydrogen) atoms. The molecule has 1 amide bonds. The zero-order valence-corrected chi connectivity index (χ0v) is 14.4. The van der Waals surface area contributed by atoms with Crippen molar-refractivity contribution >= 4 is 28.6 Å². The average Bonchev–Trinajstić information content (AvgIpc) is 2.65. The molecule has 2 aromatic rings. The largest absolute Gasteiger partial charge is 0.378 e. The Morgan fingerprint density at radius 1 is 1.12 bits per heavy atom. The molecule has 1 unspecified atom stereocenters. The highest BCUT2D eigenvalue weighted by Crippen LogP contribution is 2.27. The molecular weight excluding hydrogens is 318 g/mol. The number of carbonyl (C=O) groups excluding carboxylic acids is 1. The molecule has 2 saturated heterocycles. The molecule has 7 nitrogen and oxygen atoms in total. The molecule has 0 radical (unpaired) electrons. The fourth-order valence-electron chi connectivity index (χ4n) is 3.34. The second-order valence-electron chi connectivity index (χ2n) is 6.63. The first-order valence-electron chi connectivity index (χ1n) is 8.81. The van der Waals surface area contributed by atoms with Crippen molar-refractivity contribution in [3.05, 3.63) is 24.3 Å². The van der Waals surface area contributed by atoms with Gasteiger partial charge in [0, 0.05) is 39.1 Å². The Kier molecular flexibility index (Phi) is 4.40. The van der Waals surface area contributed by atoms with Gasteiger partial charge in [-0.15, -0.1) is 0 Å². The van der Waals surface area contributed by atoms with Crippen LogP contribution in [0.25, 0.3) is 11.0 Å².